The molecule has 0 spiro atoms. The Kier molecular flexibility index (Phi) is 5.96. The maximum absolute atomic E-state index is 12.8. The molecular weight excluding hydrogens is 396 g/mol. The molecule has 0 saturated carbocycles. The number of thiophene rings is 1. The summed E-state index contributed by atoms with van der Waals surface area (Å²) in [5.74, 6) is 1.36. The van der Waals surface area contributed by atoms with Gasteiger partial charge in [-0.05, 0) is 25.0 Å². The predicted octanol–water partition coefficient (Wildman–Crippen LogP) is 3.68. The van der Waals surface area contributed by atoms with Crippen molar-refractivity contribution in [3.05, 3.63) is 34.7 Å². The fraction of sp³-hybridized carbons (Fsp3) is 0.412. The Labute approximate surface area is 162 Å². The summed E-state index contributed by atoms with van der Waals surface area (Å²) in [6.45, 7) is 0.912. The fourth-order valence-corrected chi connectivity index (χ4v) is 6.13. The van der Waals surface area contributed by atoms with E-state index in [2.05, 4.69) is 5.32 Å². The van der Waals surface area contributed by atoms with E-state index in [1.807, 2.05) is 12.1 Å². The molecule has 2 heterocycles. The van der Waals surface area contributed by atoms with Gasteiger partial charge in [0.1, 0.15) is 15.7 Å². The van der Waals surface area contributed by atoms with Crippen molar-refractivity contribution in [1.82, 2.24) is 4.31 Å². The van der Waals surface area contributed by atoms with Gasteiger partial charge in [0.05, 0.1) is 18.6 Å². The molecule has 1 saturated heterocycles. The van der Waals surface area contributed by atoms with Crippen molar-refractivity contribution in [3.8, 4) is 11.5 Å². The molecule has 1 aliphatic rings. The van der Waals surface area contributed by atoms with Gasteiger partial charge in [-0.15, -0.1) is 11.3 Å². The van der Waals surface area contributed by atoms with Gasteiger partial charge in [-0.1, -0.05) is 11.6 Å². The van der Waals surface area contributed by atoms with Crippen molar-refractivity contribution in [1.29, 1.82) is 0 Å². The Balaban J connectivity index is 1.75. The number of hydrogen-bond donors (Lipinski definition) is 1. The van der Waals surface area contributed by atoms with Crippen LogP contribution in [0.5, 0.6) is 11.5 Å². The van der Waals surface area contributed by atoms with Crippen LogP contribution in [0.15, 0.2) is 34.5 Å². The van der Waals surface area contributed by atoms with Crippen molar-refractivity contribution in [3.63, 3.8) is 0 Å². The molecule has 26 heavy (non-hydrogen) atoms. The van der Waals surface area contributed by atoms with Crippen molar-refractivity contribution >= 4 is 38.6 Å². The molecule has 0 bridgehead atoms. The molecule has 142 valence electrons. The zero-order valence-electron chi connectivity index (χ0n) is 14.6. The lowest BCUT2D eigenvalue weighted by Crippen LogP contribution is -2.44. The topological polar surface area (TPSA) is 67.9 Å². The maximum atomic E-state index is 12.8. The summed E-state index contributed by atoms with van der Waals surface area (Å²) in [4.78, 5) is 0. The van der Waals surface area contributed by atoms with E-state index >= 15 is 0 Å². The van der Waals surface area contributed by atoms with Crippen LogP contribution < -0.4 is 14.8 Å². The first-order valence-electron chi connectivity index (χ1n) is 8.17. The van der Waals surface area contributed by atoms with Gasteiger partial charge in [-0.2, -0.15) is 4.31 Å². The van der Waals surface area contributed by atoms with Gasteiger partial charge < -0.3 is 14.8 Å². The average Bonchev–Trinajstić information content (AvgIpc) is 3.09. The number of nitrogens with zero attached hydrogens (tertiary/aromatic N) is 1. The molecule has 0 radical (unpaired) electrons. The van der Waals surface area contributed by atoms with Crippen molar-refractivity contribution in [2.24, 2.45) is 0 Å². The molecule has 3 rings (SSSR count). The number of methoxy groups -OCH3 is 2. The van der Waals surface area contributed by atoms with Gasteiger partial charge in [-0.25, -0.2) is 8.42 Å². The molecule has 1 atom stereocenters. The Morgan fingerprint density at radius 3 is 2.46 bits per heavy atom. The third-order valence-corrected chi connectivity index (χ3v) is 7.81. The minimum absolute atomic E-state index is 0.00534. The Morgan fingerprint density at radius 1 is 1.19 bits per heavy atom. The summed E-state index contributed by atoms with van der Waals surface area (Å²) < 4.78 is 38.5. The molecule has 1 aromatic heterocycles. The summed E-state index contributed by atoms with van der Waals surface area (Å²) in [6, 6.07) is 8.71. The van der Waals surface area contributed by atoms with Crippen LogP contribution in [0.3, 0.4) is 0 Å². The molecule has 1 fully saturated rings. The van der Waals surface area contributed by atoms with E-state index in [1.54, 1.807) is 32.4 Å². The van der Waals surface area contributed by atoms with Crippen molar-refractivity contribution < 1.29 is 17.9 Å². The highest BCUT2D eigenvalue weighted by Gasteiger charge is 2.31. The second kappa shape index (κ2) is 8.04. The average molecular weight is 417 g/mol. The normalized spacial score (nSPS) is 18.5. The zero-order chi connectivity index (χ0) is 18.7. The van der Waals surface area contributed by atoms with E-state index in [9.17, 15) is 8.42 Å². The molecule has 1 aliphatic heterocycles. The molecule has 0 unspecified atom stereocenters. The number of benzene rings is 1. The molecule has 9 heteroatoms. The fourth-order valence-electron chi connectivity index (χ4n) is 2.97. The van der Waals surface area contributed by atoms with Gasteiger partial charge >= 0.3 is 0 Å². The lowest BCUT2D eigenvalue weighted by Gasteiger charge is -2.32. The van der Waals surface area contributed by atoms with E-state index in [4.69, 9.17) is 21.1 Å². The Morgan fingerprint density at radius 2 is 1.88 bits per heavy atom. The first-order valence-corrected chi connectivity index (χ1v) is 10.8. The number of anilines is 1. The molecule has 2 aromatic rings. The number of piperidine rings is 1. The van der Waals surface area contributed by atoms with Crippen LogP contribution in [0.25, 0.3) is 0 Å². The second-order valence-electron chi connectivity index (χ2n) is 6.01. The van der Waals surface area contributed by atoms with E-state index in [0.29, 0.717) is 28.9 Å². The highest BCUT2D eigenvalue weighted by molar-refractivity contribution is 7.91. The van der Waals surface area contributed by atoms with E-state index in [0.717, 1.165) is 29.9 Å². The van der Waals surface area contributed by atoms with Gasteiger partial charge in [0.15, 0.2) is 0 Å². The van der Waals surface area contributed by atoms with Gasteiger partial charge in [0.25, 0.3) is 10.0 Å². The van der Waals surface area contributed by atoms with Crippen LogP contribution in [0.1, 0.15) is 12.8 Å². The van der Waals surface area contributed by atoms with Gasteiger partial charge in [-0.3, -0.25) is 0 Å². The quantitative estimate of drug-likeness (QED) is 0.777. The Bertz CT molecular complexity index is 847. The number of halogens is 1. The van der Waals surface area contributed by atoms with Crippen LogP contribution in [0.2, 0.25) is 4.34 Å². The number of nitrogens with one attached hydrogen (secondary N) is 1. The molecule has 6 nitrogen and oxygen atoms in total. The highest BCUT2D eigenvalue weighted by Crippen LogP contribution is 2.31. The summed E-state index contributed by atoms with van der Waals surface area (Å²) in [6.07, 6.45) is 1.67. The molecule has 1 N–H and O–H groups in total. The molecular formula is C17H21ClN2O4S2. The minimum atomic E-state index is -3.51. The highest BCUT2D eigenvalue weighted by atomic mass is 35.5. The van der Waals surface area contributed by atoms with Crippen molar-refractivity contribution in [2.45, 2.75) is 23.1 Å². The standard InChI is InChI=1S/C17H21ClN2O4S2/c1-23-14-8-13(9-15(10-14)24-2)19-12-4-3-7-20(11-12)26(21,22)17-6-5-16(18)25-17/h5-6,8-10,12,19H,3-4,7,11H2,1-2H3/t12-/m1/s1. The van der Waals surface area contributed by atoms with E-state index in [1.165, 1.54) is 4.31 Å². The van der Waals surface area contributed by atoms with Crippen LogP contribution in [-0.2, 0) is 10.0 Å². The second-order valence-corrected chi connectivity index (χ2v) is 9.89. The number of ether oxygens (including phenoxy) is 2. The monoisotopic (exact) mass is 416 g/mol. The molecule has 1 aromatic carbocycles. The van der Waals surface area contributed by atoms with Crippen LogP contribution >= 0.6 is 22.9 Å². The summed E-state index contributed by atoms with van der Waals surface area (Å²) in [5.41, 5.74) is 0.838. The largest absolute Gasteiger partial charge is 0.497 e. The predicted molar refractivity (Wildman–Crippen MR) is 104 cm³/mol. The SMILES string of the molecule is COc1cc(N[C@@H]2CCCN(S(=O)(=O)c3ccc(Cl)s3)C2)cc(OC)c1. The van der Waals surface area contributed by atoms with Crippen molar-refractivity contribution in [2.75, 3.05) is 32.6 Å². The lowest BCUT2D eigenvalue weighted by molar-refractivity contribution is 0.327. The van der Waals surface area contributed by atoms with Gasteiger partial charge in [0, 0.05) is 43.0 Å². The lowest BCUT2D eigenvalue weighted by atomic mass is 10.1. The van der Waals surface area contributed by atoms with Crippen LogP contribution in [0, 0.1) is 0 Å². The first-order chi connectivity index (χ1) is 12.4. The Hall–Kier alpha value is -1.48. The van der Waals surface area contributed by atoms with E-state index in [-0.39, 0.29) is 10.3 Å². The zero-order valence-corrected chi connectivity index (χ0v) is 17.0. The minimum Gasteiger partial charge on any atom is -0.497 e. The number of sulfonamides is 1. The summed E-state index contributed by atoms with van der Waals surface area (Å²) >= 11 is 6.98. The van der Waals surface area contributed by atoms with Crippen LogP contribution in [-0.4, -0.2) is 46.1 Å². The smallest absolute Gasteiger partial charge is 0.252 e. The van der Waals surface area contributed by atoms with E-state index < -0.39 is 10.0 Å². The maximum Gasteiger partial charge on any atom is 0.252 e. The number of hydrogen-bond acceptors (Lipinski definition) is 6. The van der Waals surface area contributed by atoms with Crippen LogP contribution in [0.4, 0.5) is 5.69 Å². The number of rotatable bonds is 6. The third-order valence-electron chi connectivity index (χ3n) is 4.25. The summed E-state index contributed by atoms with van der Waals surface area (Å²) in [5, 5.41) is 3.40. The molecule has 0 aliphatic carbocycles. The first kappa shape index (κ1) is 19.3. The summed E-state index contributed by atoms with van der Waals surface area (Å²) in [7, 11) is -0.320. The third kappa shape index (κ3) is 4.25. The van der Waals surface area contributed by atoms with Gasteiger partial charge in [0.2, 0.25) is 0 Å². The molecule has 0 amide bonds.